The van der Waals surface area contributed by atoms with Gasteiger partial charge in [-0.15, -0.1) is 0 Å². The average Bonchev–Trinajstić information content (AvgIpc) is 2.48. The van der Waals surface area contributed by atoms with Gasteiger partial charge in [-0.25, -0.2) is 5.43 Å². The Hall–Kier alpha value is -2.66. The predicted molar refractivity (Wildman–Crippen MR) is 80.4 cm³/mol. The highest BCUT2D eigenvalue weighted by Gasteiger charge is 2.05. The number of hydrogen-bond donors (Lipinski definition) is 2. The average molecular weight is 284 g/mol. The fourth-order valence-corrected chi connectivity index (χ4v) is 1.55. The summed E-state index contributed by atoms with van der Waals surface area (Å²) in [4.78, 5) is 11.1. The summed E-state index contributed by atoms with van der Waals surface area (Å²) in [5, 5.41) is 12.8. The number of hydrogen-bond acceptors (Lipinski definition) is 4. The van der Waals surface area contributed by atoms with Crippen LogP contribution in [0.4, 0.5) is 0 Å². The number of nitrogens with one attached hydrogen (secondary N) is 1. The molecule has 0 bridgehead atoms. The molecule has 0 spiro atoms. The zero-order chi connectivity index (χ0) is 15.1. The molecular weight excluding hydrogens is 268 g/mol. The minimum atomic E-state index is -1.09. The molecule has 5 nitrogen and oxygen atoms in total. The van der Waals surface area contributed by atoms with E-state index in [0.717, 1.165) is 11.3 Å². The standard InChI is InChI=1S/C16H16N2O3/c1-12(19)16(20)18-17-11-13-6-5-9-15(10-13)21-14-7-3-2-4-8-14/h2-12,19H,1H3,(H,18,20)/b17-11-/t12-/m0/s1. The predicted octanol–water partition coefficient (Wildman–Crippen LogP) is 2.31. The Kier molecular flexibility index (Phi) is 5.06. The molecule has 2 aromatic rings. The summed E-state index contributed by atoms with van der Waals surface area (Å²) in [5.74, 6) is 0.865. The van der Waals surface area contributed by atoms with Crippen molar-refractivity contribution in [1.29, 1.82) is 0 Å². The van der Waals surface area contributed by atoms with E-state index in [1.54, 1.807) is 6.07 Å². The van der Waals surface area contributed by atoms with Gasteiger partial charge in [0.25, 0.3) is 5.91 Å². The lowest BCUT2D eigenvalue weighted by molar-refractivity contribution is -0.128. The maximum absolute atomic E-state index is 11.1. The van der Waals surface area contributed by atoms with Crippen LogP contribution >= 0.6 is 0 Å². The van der Waals surface area contributed by atoms with Crippen LogP contribution in [0.3, 0.4) is 0 Å². The largest absolute Gasteiger partial charge is 0.457 e. The van der Waals surface area contributed by atoms with Crippen molar-refractivity contribution < 1.29 is 14.6 Å². The quantitative estimate of drug-likeness (QED) is 0.654. The van der Waals surface area contributed by atoms with E-state index in [0.29, 0.717) is 5.75 Å². The van der Waals surface area contributed by atoms with Crippen molar-refractivity contribution in [3.63, 3.8) is 0 Å². The van der Waals surface area contributed by atoms with E-state index >= 15 is 0 Å². The van der Waals surface area contributed by atoms with Gasteiger partial charge < -0.3 is 9.84 Å². The summed E-state index contributed by atoms with van der Waals surface area (Å²) in [6, 6.07) is 16.7. The first kappa shape index (κ1) is 14.7. The van der Waals surface area contributed by atoms with Gasteiger partial charge in [-0.05, 0) is 36.8 Å². The Labute approximate surface area is 122 Å². The number of carbonyl (C=O) groups is 1. The van der Waals surface area contributed by atoms with Crippen LogP contribution in [0.5, 0.6) is 11.5 Å². The smallest absolute Gasteiger partial charge is 0.268 e. The van der Waals surface area contributed by atoms with Gasteiger partial charge in [0.1, 0.15) is 17.6 Å². The van der Waals surface area contributed by atoms with Crippen LogP contribution in [0.1, 0.15) is 12.5 Å². The summed E-state index contributed by atoms with van der Waals surface area (Å²) in [7, 11) is 0. The number of ether oxygens (including phenoxy) is 1. The highest BCUT2D eigenvalue weighted by molar-refractivity contribution is 5.84. The second-order valence-electron chi connectivity index (χ2n) is 4.40. The van der Waals surface area contributed by atoms with E-state index in [4.69, 9.17) is 9.84 Å². The van der Waals surface area contributed by atoms with Crippen LogP contribution in [0.15, 0.2) is 59.7 Å². The summed E-state index contributed by atoms with van der Waals surface area (Å²) in [6.07, 6.45) is 0.396. The molecule has 0 saturated heterocycles. The molecule has 0 aromatic heterocycles. The molecule has 21 heavy (non-hydrogen) atoms. The summed E-state index contributed by atoms with van der Waals surface area (Å²) < 4.78 is 5.70. The Morgan fingerprint density at radius 2 is 1.90 bits per heavy atom. The molecule has 0 fully saturated rings. The van der Waals surface area contributed by atoms with Gasteiger partial charge in [-0.2, -0.15) is 5.10 Å². The molecule has 2 rings (SSSR count). The lowest BCUT2D eigenvalue weighted by atomic mass is 10.2. The Morgan fingerprint density at radius 3 is 2.62 bits per heavy atom. The van der Waals surface area contributed by atoms with E-state index in [9.17, 15) is 4.79 Å². The van der Waals surface area contributed by atoms with Crippen molar-refractivity contribution in [3.05, 3.63) is 60.2 Å². The van der Waals surface area contributed by atoms with Gasteiger partial charge >= 0.3 is 0 Å². The zero-order valence-corrected chi connectivity index (χ0v) is 11.6. The maximum Gasteiger partial charge on any atom is 0.268 e. The van der Waals surface area contributed by atoms with Crippen LogP contribution in [-0.4, -0.2) is 23.3 Å². The van der Waals surface area contributed by atoms with Crippen LogP contribution in [-0.2, 0) is 4.79 Å². The molecule has 0 radical (unpaired) electrons. The Balaban J connectivity index is 2.01. The zero-order valence-electron chi connectivity index (χ0n) is 11.6. The fourth-order valence-electron chi connectivity index (χ4n) is 1.55. The number of aliphatic hydroxyl groups excluding tert-OH is 1. The molecule has 0 aliphatic heterocycles. The minimum Gasteiger partial charge on any atom is -0.457 e. The van der Waals surface area contributed by atoms with E-state index in [2.05, 4.69) is 10.5 Å². The van der Waals surface area contributed by atoms with Crippen LogP contribution < -0.4 is 10.2 Å². The first-order valence-corrected chi connectivity index (χ1v) is 6.49. The third-order valence-corrected chi connectivity index (χ3v) is 2.60. The van der Waals surface area contributed by atoms with Crippen LogP contribution in [0, 0.1) is 0 Å². The first-order valence-electron chi connectivity index (χ1n) is 6.49. The highest BCUT2D eigenvalue weighted by Crippen LogP contribution is 2.21. The Bertz CT molecular complexity index is 624. The SMILES string of the molecule is C[C@H](O)C(=O)N/N=C\c1cccc(Oc2ccccc2)c1. The summed E-state index contributed by atoms with van der Waals surface area (Å²) in [6.45, 7) is 1.37. The normalized spacial score (nSPS) is 12.1. The monoisotopic (exact) mass is 284 g/mol. The fraction of sp³-hybridized carbons (Fsp3) is 0.125. The molecule has 0 unspecified atom stereocenters. The molecule has 5 heteroatoms. The topological polar surface area (TPSA) is 70.9 Å². The maximum atomic E-state index is 11.1. The number of carbonyl (C=O) groups excluding carboxylic acids is 1. The minimum absolute atomic E-state index is 0.553. The second kappa shape index (κ2) is 7.21. The Morgan fingerprint density at radius 1 is 1.19 bits per heavy atom. The molecule has 0 aliphatic rings. The van der Waals surface area contributed by atoms with Crippen molar-refractivity contribution in [2.75, 3.05) is 0 Å². The number of nitrogens with zero attached hydrogens (tertiary/aromatic N) is 1. The van der Waals surface area contributed by atoms with E-state index in [1.807, 2.05) is 48.5 Å². The van der Waals surface area contributed by atoms with E-state index in [-0.39, 0.29) is 0 Å². The van der Waals surface area contributed by atoms with Gasteiger partial charge in [0.05, 0.1) is 6.21 Å². The molecule has 0 aliphatic carbocycles. The van der Waals surface area contributed by atoms with Gasteiger partial charge in [-0.1, -0.05) is 30.3 Å². The molecule has 1 amide bonds. The molecule has 108 valence electrons. The highest BCUT2D eigenvalue weighted by atomic mass is 16.5. The number of para-hydroxylation sites is 1. The third kappa shape index (κ3) is 4.74. The number of hydrazone groups is 1. The van der Waals surface area contributed by atoms with Crippen molar-refractivity contribution in [2.45, 2.75) is 13.0 Å². The van der Waals surface area contributed by atoms with E-state index < -0.39 is 12.0 Å². The van der Waals surface area contributed by atoms with Crippen molar-refractivity contribution in [1.82, 2.24) is 5.43 Å². The van der Waals surface area contributed by atoms with Gasteiger partial charge in [0.15, 0.2) is 0 Å². The summed E-state index contributed by atoms with van der Waals surface area (Å²) in [5.41, 5.74) is 3.01. The lowest BCUT2D eigenvalue weighted by Gasteiger charge is -2.06. The van der Waals surface area contributed by atoms with Gasteiger partial charge in [-0.3, -0.25) is 4.79 Å². The summed E-state index contributed by atoms with van der Waals surface area (Å²) >= 11 is 0. The van der Waals surface area contributed by atoms with Crippen LogP contribution in [0.25, 0.3) is 0 Å². The van der Waals surface area contributed by atoms with Gasteiger partial charge in [0.2, 0.25) is 0 Å². The molecular formula is C16H16N2O3. The lowest BCUT2D eigenvalue weighted by Crippen LogP contribution is -2.28. The van der Waals surface area contributed by atoms with Crippen molar-refractivity contribution >= 4 is 12.1 Å². The molecule has 2 N–H and O–H groups in total. The third-order valence-electron chi connectivity index (χ3n) is 2.60. The molecule has 0 heterocycles. The van der Waals surface area contributed by atoms with Crippen molar-refractivity contribution in [3.8, 4) is 11.5 Å². The molecule has 0 saturated carbocycles. The number of aliphatic hydroxyl groups is 1. The first-order chi connectivity index (χ1) is 10.1. The van der Waals surface area contributed by atoms with Crippen LogP contribution in [0.2, 0.25) is 0 Å². The number of rotatable bonds is 5. The molecule has 1 atom stereocenters. The van der Waals surface area contributed by atoms with Crippen molar-refractivity contribution in [2.24, 2.45) is 5.10 Å². The number of amides is 1. The molecule has 2 aromatic carbocycles. The number of benzene rings is 2. The van der Waals surface area contributed by atoms with Gasteiger partial charge in [0, 0.05) is 0 Å². The van der Waals surface area contributed by atoms with E-state index in [1.165, 1.54) is 13.1 Å². The second-order valence-corrected chi connectivity index (χ2v) is 4.40.